The average Bonchev–Trinajstić information content (AvgIpc) is 2.60. The largest absolute Gasteiger partial charge is 0.417 e. The van der Waals surface area contributed by atoms with Gasteiger partial charge in [-0.3, -0.25) is 0 Å². The van der Waals surface area contributed by atoms with Gasteiger partial charge in [0.1, 0.15) is 0 Å². The van der Waals surface area contributed by atoms with E-state index in [9.17, 15) is 13.2 Å². The van der Waals surface area contributed by atoms with Gasteiger partial charge in [-0.15, -0.1) is 0 Å². The zero-order valence-electron chi connectivity index (χ0n) is 14.1. The number of thioether (sulfide) groups is 1. The molecule has 0 amide bonds. The van der Waals surface area contributed by atoms with E-state index in [1.54, 1.807) is 11.8 Å². The fourth-order valence-corrected chi connectivity index (χ4v) is 3.63. The molecule has 2 nitrogen and oxygen atoms in total. The third kappa shape index (κ3) is 7.78. The quantitative estimate of drug-likeness (QED) is 0.363. The van der Waals surface area contributed by atoms with E-state index in [1.807, 2.05) is 24.3 Å². The van der Waals surface area contributed by atoms with Crippen molar-refractivity contribution in [2.24, 2.45) is 0 Å². The van der Waals surface area contributed by atoms with Crippen LogP contribution in [0.3, 0.4) is 0 Å². The van der Waals surface area contributed by atoms with Crippen molar-refractivity contribution < 1.29 is 13.2 Å². The van der Waals surface area contributed by atoms with Crippen LogP contribution < -0.4 is 10.6 Å². The predicted octanol–water partition coefficient (Wildman–Crippen LogP) is 6.62. The van der Waals surface area contributed by atoms with E-state index in [4.69, 9.17) is 35.4 Å². The van der Waals surface area contributed by atoms with Crippen molar-refractivity contribution in [1.29, 1.82) is 0 Å². The Morgan fingerprint density at radius 3 is 2.44 bits per heavy atom. The molecule has 0 aliphatic rings. The first-order valence-corrected chi connectivity index (χ1v) is 10.3. The van der Waals surface area contributed by atoms with Gasteiger partial charge < -0.3 is 10.6 Å². The van der Waals surface area contributed by atoms with Gasteiger partial charge in [-0.1, -0.05) is 35.3 Å². The van der Waals surface area contributed by atoms with E-state index in [0.29, 0.717) is 6.54 Å². The van der Waals surface area contributed by atoms with Crippen LogP contribution in [0.25, 0.3) is 0 Å². The first-order chi connectivity index (χ1) is 12.8. The molecule has 2 N–H and O–H groups in total. The number of anilines is 1. The number of hydrogen-bond donors (Lipinski definition) is 2. The molecule has 146 valence electrons. The number of benzene rings is 2. The van der Waals surface area contributed by atoms with Gasteiger partial charge in [-0.05, 0) is 60.3 Å². The lowest BCUT2D eigenvalue weighted by molar-refractivity contribution is -0.137. The van der Waals surface area contributed by atoms with E-state index >= 15 is 0 Å². The van der Waals surface area contributed by atoms with Crippen molar-refractivity contribution in [1.82, 2.24) is 5.32 Å². The number of hydrogen-bond acceptors (Lipinski definition) is 2. The second kappa shape index (κ2) is 10.4. The van der Waals surface area contributed by atoms with Crippen LogP contribution in [0.1, 0.15) is 17.5 Å². The van der Waals surface area contributed by atoms with Crippen LogP contribution in [-0.4, -0.2) is 17.4 Å². The molecule has 0 unspecified atom stereocenters. The lowest BCUT2D eigenvalue weighted by Gasteiger charge is -2.14. The first kappa shape index (κ1) is 22.1. The second-order valence-corrected chi connectivity index (χ2v) is 7.96. The lowest BCUT2D eigenvalue weighted by Crippen LogP contribution is -2.29. The second-order valence-electron chi connectivity index (χ2n) is 5.61. The van der Waals surface area contributed by atoms with Crippen LogP contribution in [0.4, 0.5) is 18.9 Å². The van der Waals surface area contributed by atoms with E-state index in [1.165, 1.54) is 17.7 Å². The minimum Gasteiger partial charge on any atom is -0.362 e. The fourth-order valence-electron chi connectivity index (χ4n) is 2.14. The molecule has 0 spiro atoms. The molecule has 2 aromatic rings. The summed E-state index contributed by atoms with van der Waals surface area (Å²) in [5.41, 5.74) is 0.551. The molecule has 0 saturated carbocycles. The maximum Gasteiger partial charge on any atom is 0.417 e. The van der Waals surface area contributed by atoms with Gasteiger partial charge in [0, 0.05) is 23.0 Å². The number of halogens is 5. The number of alkyl halides is 3. The summed E-state index contributed by atoms with van der Waals surface area (Å²) in [6, 6.07) is 11.3. The third-order valence-corrected chi connectivity index (χ3v) is 5.41. The molecule has 0 aromatic heterocycles. The minimum atomic E-state index is -4.51. The highest BCUT2D eigenvalue weighted by atomic mass is 35.5. The van der Waals surface area contributed by atoms with Crippen LogP contribution in [-0.2, 0) is 11.9 Å². The summed E-state index contributed by atoms with van der Waals surface area (Å²) in [5, 5.41) is 6.38. The summed E-state index contributed by atoms with van der Waals surface area (Å²) in [7, 11) is 0. The Kier molecular flexibility index (Phi) is 8.54. The Balaban J connectivity index is 1.68. The molecule has 0 fully saturated rings. The van der Waals surface area contributed by atoms with Crippen LogP contribution >= 0.6 is 47.2 Å². The Bertz CT molecular complexity index is 768. The van der Waals surface area contributed by atoms with E-state index in [2.05, 4.69) is 10.6 Å². The summed E-state index contributed by atoms with van der Waals surface area (Å²) in [6.07, 6.45) is -3.64. The van der Waals surface area contributed by atoms with Gasteiger partial charge >= 0.3 is 6.18 Å². The summed E-state index contributed by atoms with van der Waals surface area (Å²) < 4.78 is 38.6. The summed E-state index contributed by atoms with van der Waals surface area (Å²) in [4.78, 5) is 0. The van der Waals surface area contributed by atoms with Crippen molar-refractivity contribution in [3.8, 4) is 0 Å². The molecule has 0 bridgehead atoms. The summed E-state index contributed by atoms with van der Waals surface area (Å²) in [6.45, 7) is 0.624. The molecule has 2 rings (SSSR count). The lowest BCUT2D eigenvalue weighted by atomic mass is 10.2. The van der Waals surface area contributed by atoms with Crippen LogP contribution in [0.15, 0.2) is 42.5 Å². The molecule has 2 aromatic carbocycles. The fraction of sp³-hybridized carbons (Fsp3) is 0.278. The van der Waals surface area contributed by atoms with Crippen molar-refractivity contribution in [3.63, 3.8) is 0 Å². The van der Waals surface area contributed by atoms with E-state index < -0.39 is 11.7 Å². The Hall–Kier alpha value is -1.15. The highest BCUT2D eigenvalue weighted by Crippen LogP contribution is 2.36. The van der Waals surface area contributed by atoms with Crippen LogP contribution in [0, 0.1) is 0 Å². The Morgan fingerprint density at radius 1 is 1.07 bits per heavy atom. The van der Waals surface area contributed by atoms with Gasteiger partial charge in [-0.2, -0.15) is 24.9 Å². The first-order valence-electron chi connectivity index (χ1n) is 7.99. The monoisotopic (exact) mass is 452 g/mol. The average molecular weight is 453 g/mol. The standard InChI is InChI=1S/C18H17Cl2F3N2S2/c19-13-4-2-12(3-5-13)11-27-9-1-8-24-17(26)25-14-6-7-16(20)15(10-14)18(21,22)23/h2-7,10H,1,8-9,11H2,(H2,24,25,26). The van der Waals surface area contributed by atoms with Crippen molar-refractivity contribution in [3.05, 3.63) is 63.6 Å². The maximum atomic E-state index is 12.9. The molecular weight excluding hydrogens is 436 g/mol. The highest BCUT2D eigenvalue weighted by Gasteiger charge is 2.33. The van der Waals surface area contributed by atoms with Crippen molar-refractivity contribution in [2.75, 3.05) is 17.6 Å². The molecule has 9 heteroatoms. The van der Waals surface area contributed by atoms with Gasteiger partial charge in [0.25, 0.3) is 0 Å². The molecule has 0 heterocycles. The molecule has 0 aliphatic heterocycles. The smallest absolute Gasteiger partial charge is 0.362 e. The van der Waals surface area contributed by atoms with E-state index in [0.717, 1.165) is 29.0 Å². The van der Waals surface area contributed by atoms with Crippen LogP contribution in [0.2, 0.25) is 10.0 Å². The third-order valence-electron chi connectivity index (χ3n) is 3.46. The highest BCUT2D eigenvalue weighted by molar-refractivity contribution is 7.98. The number of rotatable bonds is 7. The summed E-state index contributed by atoms with van der Waals surface area (Å²) >= 11 is 18.3. The van der Waals surface area contributed by atoms with Crippen molar-refractivity contribution in [2.45, 2.75) is 18.3 Å². The molecule has 0 radical (unpaired) electrons. The predicted molar refractivity (Wildman–Crippen MR) is 113 cm³/mol. The van der Waals surface area contributed by atoms with Gasteiger partial charge in [0.15, 0.2) is 5.11 Å². The Labute approximate surface area is 175 Å². The Morgan fingerprint density at radius 2 is 1.78 bits per heavy atom. The minimum absolute atomic E-state index is 0.237. The van der Waals surface area contributed by atoms with Gasteiger partial charge in [0.2, 0.25) is 0 Å². The van der Waals surface area contributed by atoms with Crippen LogP contribution in [0.5, 0.6) is 0 Å². The normalized spacial score (nSPS) is 11.3. The molecule has 0 aliphatic carbocycles. The zero-order chi connectivity index (χ0) is 19.9. The van der Waals surface area contributed by atoms with E-state index in [-0.39, 0.29) is 15.8 Å². The topological polar surface area (TPSA) is 24.1 Å². The van der Waals surface area contributed by atoms with Gasteiger partial charge in [0.05, 0.1) is 10.6 Å². The zero-order valence-corrected chi connectivity index (χ0v) is 17.2. The van der Waals surface area contributed by atoms with Gasteiger partial charge in [-0.25, -0.2) is 0 Å². The molecule has 27 heavy (non-hydrogen) atoms. The SMILES string of the molecule is FC(F)(F)c1cc(NC(=S)NCCCSCc2ccc(Cl)cc2)ccc1Cl. The molecule has 0 atom stereocenters. The maximum absolute atomic E-state index is 12.9. The van der Waals surface area contributed by atoms with Crippen molar-refractivity contribution >= 4 is 58.0 Å². The molecular formula is C18H17Cl2F3N2S2. The summed E-state index contributed by atoms with van der Waals surface area (Å²) in [5.74, 6) is 1.82. The number of nitrogens with one attached hydrogen (secondary N) is 2. The molecule has 0 saturated heterocycles. The number of thiocarbonyl (C=S) groups is 1.